The number of hydrogen-bond donors (Lipinski definition) is 1. The molecule has 2 aliphatic rings. The van der Waals surface area contributed by atoms with Crippen molar-refractivity contribution in [1.82, 2.24) is 4.90 Å². The van der Waals surface area contributed by atoms with E-state index in [-0.39, 0.29) is 11.3 Å². The first-order valence-electron chi connectivity index (χ1n) is 11.3. The van der Waals surface area contributed by atoms with Crippen molar-refractivity contribution >= 4 is 11.8 Å². The van der Waals surface area contributed by atoms with Crippen molar-refractivity contribution < 1.29 is 23.4 Å². The van der Waals surface area contributed by atoms with E-state index in [9.17, 15) is 18.7 Å². The smallest absolute Gasteiger partial charge is 0.273 e. The molecular weight excluding hydrogens is 390 g/mol. The molecule has 1 saturated carbocycles. The molecular formula is C23H38F2N2O3. The van der Waals surface area contributed by atoms with Crippen LogP contribution in [0.2, 0.25) is 0 Å². The number of rotatable bonds is 7. The Morgan fingerprint density at radius 2 is 1.80 bits per heavy atom. The number of alkyl halides is 2. The zero-order chi connectivity index (χ0) is 22.3. The number of carbonyl (C=O) groups excluding carboxylic acids is 1. The Hall–Kier alpha value is -1.50. The highest BCUT2D eigenvalue weighted by atomic mass is 19.3. The molecule has 0 aromatic heterocycles. The van der Waals surface area contributed by atoms with Crippen LogP contribution in [0, 0.1) is 17.3 Å². The van der Waals surface area contributed by atoms with Crippen molar-refractivity contribution in [3.63, 3.8) is 0 Å². The minimum absolute atomic E-state index is 0.207. The number of likely N-dealkylation sites (tertiary alicyclic amines) is 1. The van der Waals surface area contributed by atoms with E-state index < -0.39 is 18.4 Å². The molecule has 2 rings (SSSR count). The van der Waals surface area contributed by atoms with E-state index >= 15 is 0 Å². The number of ether oxygens (including phenoxy) is 1. The summed E-state index contributed by atoms with van der Waals surface area (Å²) in [5, 5.41) is 9.39. The average molecular weight is 429 g/mol. The molecule has 0 bridgehead atoms. The zero-order valence-electron chi connectivity index (χ0n) is 18.9. The first kappa shape index (κ1) is 24.8. The van der Waals surface area contributed by atoms with Crippen molar-refractivity contribution in [3.8, 4) is 0 Å². The molecule has 5 nitrogen and oxygen atoms in total. The normalized spacial score (nSPS) is 21.8. The lowest BCUT2D eigenvalue weighted by molar-refractivity contribution is -0.150. The van der Waals surface area contributed by atoms with Crippen LogP contribution in [0.15, 0.2) is 16.8 Å². The predicted octanol–water partition coefficient (Wildman–Crippen LogP) is 4.80. The van der Waals surface area contributed by atoms with Gasteiger partial charge in [-0.3, -0.25) is 9.79 Å². The Labute approximate surface area is 179 Å². The van der Waals surface area contributed by atoms with Crippen LogP contribution in [0.5, 0.6) is 0 Å². The van der Waals surface area contributed by atoms with Crippen LogP contribution in [0.25, 0.3) is 0 Å². The van der Waals surface area contributed by atoms with Gasteiger partial charge in [-0.25, -0.2) is 8.78 Å². The quantitative estimate of drug-likeness (QED) is 0.360. The number of aliphatic hydroxyl groups excluding tert-OH is 1. The lowest BCUT2D eigenvalue weighted by atomic mass is 9.73. The van der Waals surface area contributed by atoms with Gasteiger partial charge < -0.3 is 14.7 Å². The van der Waals surface area contributed by atoms with Crippen LogP contribution in [0.1, 0.15) is 72.1 Å². The summed E-state index contributed by atoms with van der Waals surface area (Å²) in [6.45, 7) is 7.04. The maximum atomic E-state index is 12.7. The summed E-state index contributed by atoms with van der Waals surface area (Å²) < 4.78 is 31.7. The van der Waals surface area contributed by atoms with Crippen LogP contribution in [0.3, 0.4) is 0 Å². The van der Waals surface area contributed by atoms with Gasteiger partial charge in [-0.05, 0) is 44.1 Å². The molecule has 0 aromatic rings. The van der Waals surface area contributed by atoms with E-state index in [1.807, 2.05) is 0 Å². The molecule has 2 fully saturated rings. The van der Waals surface area contributed by atoms with Gasteiger partial charge in [0.15, 0.2) is 12.0 Å². The molecule has 30 heavy (non-hydrogen) atoms. The standard InChI is InChI=1S/C23H38F2N2O3/c1-5-9-18(16-10-7-6-8-11-16)30-22(26-4)23(2,3)17-12-14-27(15-13-17)21(29)19(28)20(24)25/h9,16-17,19-20,28H,5-8,10-15H2,1-4H3/b18-9+,26-22?. The van der Waals surface area contributed by atoms with Crippen LogP contribution < -0.4 is 0 Å². The molecule has 1 amide bonds. The first-order chi connectivity index (χ1) is 14.2. The van der Waals surface area contributed by atoms with Gasteiger partial charge in [-0.15, -0.1) is 0 Å². The highest BCUT2D eigenvalue weighted by Gasteiger charge is 2.41. The number of amides is 1. The molecule has 1 unspecified atom stereocenters. The fraction of sp³-hybridized carbons (Fsp3) is 0.826. The van der Waals surface area contributed by atoms with E-state index in [1.165, 1.54) is 24.2 Å². The monoisotopic (exact) mass is 428 g/mol. The maximum absolute atomic E-state index is 12.7. The number of aliphatic hydroxyl groups is 1. The molecule has 172 valence electrons. The molecule has 1 aliphatic heterocycles. The van der Waals surface area contributed by atoms with E-state index in [1.54, 1.807) is 7.05 Å². The Morgan fingerprint density at radius 3 is 2.30 bits per heavy atom. The van der Waals surface area contributed by atoms with Gasteiger partial charge >= 0.3 is 0 Å². The Balaban J connectivity index is 2.04. The van der Waals surface area contributed by atoms with Gasteiger partial charge in [-0.1, -0.05) is 40.0 Å². The first-order valence-corrected chi connectivity index (χ1v) is 11.3. The van der Waals surface area contributed by atoms with Gasteiger partial charge in [0.05, 0.1) is 0 Å². The number of nitrogens with zero attached hydrogens (tertiary/aromatic N) is 2. The summed E-state index contributed by atoms with van der Waals surface area (Å²) >= 11 is 0. The number of allylic oxidation sites excluding steroid dienone is 2. The number of piperidine rings is 1. The highest BCUT2D eigenvalue weighted by Crippen LogP contribution is 2.39. The van der Waals surface area contributed by atoms with Gasteiger partial charge in [0.25, 0.3) is 12.3 Å². The second-order valence-electron chi connectivity index (χ2n) is 9.08. The molecule has 0 aromatic carbocycles. The third kappa shape index (κ3) is 6.02. The minimum Gasteiger partial charge on any atom is -0.447 e. The van der Waals surface area contributed by atoms with Gasteiger partial charge in [-0.2, -0.15) is 0 Å². The lowest BCUT2D eigenvalue weighted by Crippen LogP contribution is -2.49. The summed E-state index contributed by atoms with van der Waals surface area (Å²) in [5.74, 6) is 1.50. The number of hydrogen-bond acceptors (Lipinski definition) is 4. The molecule has 1 saturated heterocycles. The molecule has 1 aliphatic carbocycles. The summed E-state index contributed by atoms with van der Waals surface area (Å²) in [5.41, 5.74) is -0.341. The fourth-order valence-electron chi connectivity index (χ4n) is 4.75. The number of halogens is 2. The van der Waals surface area contributed by atoms with Crippen molar-refractivity contribution in [2.75, 3.05) is 20.1 Å². The van der Waals surface area contributed by atoms with E-state index in [0.717, 1.165) is 25.0 Å². The molecule has 1 atom stereocenters. The third-order valence-corrected chi connectivity index (χ3v) is 6.70. The number of aliphatic imine (C=N–C) groups is 1. The van der Waals surface area contributed by atoms with E-state index in [2.05, 4.69) is 31.8 Å². The molecule has 0 radical (unpaired) electrons. The van der Waals surface area contributed by atoms with E-state index in [4.69, 9.17) is 4.74 Å². The topological polar surface area (TPSA) is 62.1 Å². The second-order valence-corrected chi connectivity index (χ2v) is 9.08. The summed E-state index contributed by atoms with van der Waals surface area (Å²) in [6, 6.07) is 0. The Morgan fingerprint density at radius 1 is 1.20 bits per heavy atom. The average Bonchev–Trinajstić information content (AvgIpc) is 2.76. The van der Waals surface area contributed by atoms with Crippen LogP contribution in [-0.4, -0.2) is 54.5 Å². The van der Waals surface area contributed by atoms with Crippen molar-refractivity contribution in [2.24, 2.45) is 22.2 Å². The van der Waals surface area contributed by atoms with Crippen LogP contribution >= 0.6 is 0 Å². The second kappa shape index (κ2) is 11.2. The SMILES string of the molecule is CC/C=C(/OC(=NC)C(C)(C)C1CCN(C(=O)C(O)C(F)F)CC1)C1CCCCC1. The van der Waals surface area contributed by atoms with Gasteiger partial charge in [0.2, 0.25) is 0 Å². The van der Waals surface area contributed by atoms with Crippen molar-refractivity contribution in [3.05, 3.63) is 11.8 Å². The molecule has 7 heteroatoms. The Kier molecular flexibility index (Phi) is 9.26. The predicted molar refractivity (Wildman–Crippen MR) is 114 cm³/mol. The summed E-state index contributed by atoms with van der Waals surface area (Å²) in [7, 11) is 1.75. The summed E-state index contributed by atoms with van der Waals surface area (Å²) in [4.78, 5) is 17.9. The minimum atomic E-state index is -3.05. The van der Waals surface area contributed by atoms with Crippen molar-refractivity contribution in [2.45, 2.75) is 84.7 Å². The Bertz CT molecular complexity index is 620. The molecule has 0 spiro atoms. The third-order valence-electron chi connectivity index (χ3n) is 6.70. The fourth-order valence-corrected chi connectivity index (χ4v) is 4.75. The lowest BCUT2D eigenvalue weighted by Gasteiger charge is -2.41. The van der Waals surface area contributed by atoms with Gasteiger partial charge in [0, 0.05) is 31.5 Å². The largest absolute Gasteiger partial charge is 0.447 e. The van der Waals surface area contributed by atoms with Gasteiger partial charge in [0.1, 0.15) is 5.76 Å². The summed E-state index contributed by atoms with van der Waals surface area (Å²) in [6.07, 6.45) is 5.16. The van der Waals surface area contributed by atoms with E-state index in [0.29, 0.717) is 37.7 Å². The maximum Gasteiger partial charge on any atom is 0.273 e. The van der Waals surface area contributed by atoms with Crippen LogP contribution in [-0.2, 0) is 9.53 Å². The number of carbonyl (C=O) groups is 1. The molecule has 1 heterocycles. The zero-order valence-corrected chi connectivity index (χ0v) is 18.9. The molecule has 1 N–H and O–H groups in total. The highest BCUT2D eigenvalue weighted by molar-refractivity contribution is 5.83. The van der Waals surface area contributed by atoms with Crippen molar-refractivity contribution in [1.29, 1.82) is 0 Å². The van der Waals surface area contributed by atoms with Crippen LogP contribution in [0.4, 0.5) is 8.78 Å².